The summed E-state index contributed by atoms with van der Waals surface area (Å²) in [7, 11) is 0.189. The molecule has 0 saturated carbocycles. The maximum Gasteiger partial charge on any atom is 0.309 e. The van der Waals surface area contributed by atoms with Crippen molar-refractivity contribution in [2.24, 2.45) is 5.92 Å². The van der Waals surface area contributed by atoms with Crippen molar-refractivity contribution >= 4 is 17.0 Å². The zero-order valence-electron chi connectivity index (χ0n) is 10.3. The fourth-order valence-electron chi connectivity index (χ4n) is 0.838. The standard InChI is InChI=1S/C10H21NO3S/c1-7(9(12)14-6)8(2)11-15(13)10(3,4)5/h7-8,11H,1-6H3/t7-,8+,15+/m0/s1. The first kappa shape index (κ1) is 14.6. The summed E-state index contributed by atoms with van der Waals surface area (Å²) in [4.78, 5) is 11.2. The van der Waals surface area contributed by atoms with Gasteiger partial charge in [0.25, 0.3) is 0 Å². The normalized spacial score (nSPS) is 18.0. The first-order valence-electron chi connectivity index (χ1n) is 4.96. The Bertz CT molecular complexity index is 248. The monoisotopic (exact) mass is 235 g/mol. The van der Waals surface area contributed by atoms with Crippen LogP contribution in [-0.4, -0.2) is 28.1 Å². The Kier molecular flexibility index (Phi) is 5.45. The molecule has 0 aliphatic heterocycles. The highest BCUT2D eigenvalue weighted by Crippen LogP contribution is 2.12. The van der Waals surface area contributed by atoms with E-state index in [0.29, 0.717) is 0 Å². The van der Waals surface area contributed by atoms with Crippen LogP contribution in [0.5, 0.6) is 0 Å². The fraction of sp³-hybridized carbons (Fsp3) is 0.900. The van der Waals surface area contributed by atoms with Crippen LogP contribution < -0.4 is 4.72 Å². The van der Waals surface area contributed by atoms with Crippen molar-refractivity contribution in [3.05, 3.63) is 0 Å². The Balaban J connectivity index is 4.31. The molecule has 0 rings (SSSR count). The van der Waals surface area contributed by atoms with Gasteiger partial charge >= 0.3 is 5.97 Å². The minimum atomic E-state index is -1.16. The maximum absolute atomic E-state index is 11.7. The van der Waals surface area contributed by atoms with Gasteiger partial charge in [-0.05, 0) is 27.7 Å². The van der Waals surface area contributed by atoms with Gasteiger partial charge in [-0.2, -0.15) is 0 Å². The van der Waals surface area contributed by atoms with Crippen LogP contribution in [-0.2, 0) is 20.5 Å². The van der Waals surface area contributed by atoms with Crippen molar-refractivity contribution in [1.29, 1.82) is 0 Å². The Morgan fingerprint density at radius 1 is 1.33 bits per heavy atom. The SMILES string of the molecule is COC(=O)[C@@H](C)[C@@H](C)N[S@](=O)C(C)(C)C. The zero-order valence-corrected chi connectivity index (χ0v) is 11.1. The number of carbonyl (C=O) groups excluding carboxylic acids is 1. The summed E-state index contributed by atoms with van der Waals surface area (Å²) in [5.41, 5.74) is 0. The predicted octanol–water partition coefficient (Wildman–Crippen LogP) is 1.24. The second-order valence-corrected chi connectivity index (χ2v) is 6.60. The molecule has 0 aromatic heterocycles. The van der Waals surface area contributed by atoms with Crippen LogP contribution in [0.25, 0.3) is 0 Å². The molecule has 0 saturated heterocycles. The van der Waals surface area contributed by atoms with Gasteiger partial charge < -0.3 is 4.74 Å². The van der Waals surface area contributed by atoms with Gasteiger partial charge in [0, 0.05) is 6.04 Å². The number of nitrogens with one attached hydrogen (secondary N) is 1. The Hall–Kier alpha value is -0.420. The van der Waals surface area contributed by atoms with E-state index in [-0.39, 0.29) is 22.7 Å². The van der Waals surface area contributed by atoms with Crippen LogP contribution in [0, 0.1) is 5.92 Å². The van der Waals surface area contributed by atoms with E-state index in [4.69, 9.17) is 0 Å². The van der Waals surface area contributed by atoms with Crippen LogP contribution >= 0.6 is 0 Å². The van der Waals surface area contributed by atoms with Crippen molar-refractivity contribution in [1.82, 2.24) is 4.72 Å². The van der Waals surface area contributed by atoms with Gasteiger partial charge in [-0.1, -0.05) is 6.92 Å². The fourth-order valence-corrected chi connectivity index (χ4v) is 1.73. The molecule has 0 aromatic rings. The van der Waals surface area contributed by atoms with E-state index in [0.717, 1.165) is 0 Å². The summed E-state index contributed by atoms with van der Waals surface area (Å²) in [5, 5.41) is 0. The van der Waals surface area contributed by atoms with Crippen LogP contribution in [0.2, 0.25) is 0 Å². The molecule has 1 N–H and O–H groups in total. The first-order valence-corrected chi connectivity index (χ1v) is 6.11. The minimum Gasteiger partial charge on any atom is -0.469 e. The summed E-state index contributed by atoms with van der Waals surface area (Å²) in [6, 6.07) is -0.169. The lowest BCUT2D eigenvalue weighted by atomic mass is 10.1. The molecule has 0 fully saturated rings. The van der Waals surface area contributed by atoms with Gasteiger partial charge in [-0.25, -0.2) is 8.93 Å². The number of esters is 1. The number of carbonyl (C=O) groups is 1. The number of hydrogen-bond donors (Lipinski definition) is 1. The smallest absolute Gasteiger partial charge is 0.309 e. The lowest BCUT2D eigenvalue weighted by Gasteiger charge is -2.24. The second-order valence-electron chi connectivity index (χ2n) is 4.60. The van der Waals surface area contributed by atoms with E-state index in [1.54, 1.807) is 6.92 Å². The zero-order chi connectivity index (χ0) is 12.2. The van der Waals surface area contributed by atoms with E-state index in [1.165, 1.54) is 7.11 Å². The largest absolute Gasteiger partial charge is 0.469 e. The van der Waals surface area contributed by atoms with E-state index in [2.05, 4.69) is 9.46 Å². The van der Waals surface area contributed by atoms with Gasteiger partial charge in [0.05, 0.1) is 28.8 Å². The van der Waals surface area contributed by atoms with Crippen molar-refractivity contribution in [2.75, 3.05) is 7.11 Å². The average Bonchev–Trinajstić information content (AvgIpc) is 2.13. The van der Waals surface area contributed by atoms with Gasteiger partial charge in [0.15, 0.2) is 0 Å². The maximum atomic E-state index is 11.7. The van der Waals surface area contributed by atoms with E-state index in [9.17, 15) is 9.00 Å². The summed E-state index contributed by atoms with van der Waals surface area (Å²) in [5.74, 6) is -0.595. The van der Waals surface area contributed by atoms with Crippen LogP contribution in [0.4, 0.5) is 0 Å². The number of ether oxygens (including phenoxy) is 1. The number of rotatable bonds is 4. The molecule has 4 nitrogen and oxygen atoms in total. The topological polar surface area (TPSA) is 55.4 Å². The van der Waals surface area contributed by atoms with E-state index >= 15 is 0 Å². The summed E-state index contributed by atoms with van der Waals surface area (Å²) < 4.78 is 18.9. The third kappa shape index (κ3) is 4.75. The number of hydrogen-bond acceptors (Lipinski definition) is 3. The molecule has 0 aliphatic rings. The lowest BCUT2D eigenvalue weighted by Crippen LogP contribution is -2.43. The van der Waals surface area contributed by atoms with Crippen molar-refractivity contribution in [3.8, 4) is 0 Å². The van der Waals surface area contributed by atoms with Gasteiger partial charge in [-0.15, -0.1) is 0 Å². The molecule has 0 radical (unpaired) electrons. The molecule has 15 heavy (non-hydrogen) atoms. The molecule has 0 bridgehead atoms. The quantitative estimate of drug-likeness (QED) is 0.746. The molecule has 0 aromatic carbocycles. The first-order chi connectivity index (χ1) is 6.70. The Morgan fingerprint density at radius 2 is 1.80 bits per heavy atom. The van der Waals surface area contributed by atoms with Gasteiger partial charge in [-0.3, -0.25) is 4.79 Å². The van der Waals surface area contributed by atoms with Crippen molar-refractivity contribution in [2.45, 2.75) is 45.4 Å². The third-order valence-corrected chi connectivity index (χ3v) is 3.87. The molecule has 0 amide bonds. The summed E-state index contributed by atoms with van der Waals surface area (Å²) >= 11 is 0. The Morgan fingerprint density at radius 3 is 2.13 bits per heavy atom. The van der Waals surface area contributed by atoms with Gasteiger partial charge in [0.1, 0.15) is 0 Å². The molecule has 0 heterocycles. The predicted molar refractivity (Wildman–Crippen MR) is 61.7 cm³/mol. The second kappa shape index (κ2) is 5.61. The van der Waals surface area contributed by atoms with Crippen molar-refractivity contribution < 1.29 is 13.7 Å². The lowest BCUT2D eigenvalue weighted by molar-refractivity contribution is -0.145. The summed E-state index contributed by atoms with van der Waals surface area (Å²) in [6.45, 7) is 9.22. The van der Waals surface area contributed by atoms with Crippen molar-refractivity contribution in [3.63, 3.8) is 0 Å². The van der Waals surface area contributed by atoms with Crippen LogP contribution in [0.1, 0.15) is 34.6 Å². The molecule has 3 atom stereocenters. The highest BCUT2D eigenvalue weighted by atomic mass is 32.2. The highest BCUT2D eigenvalue weighted by molar-refractivity contribution is 7.84. The molecule has 0 aliphatic carbocycles. The van der Waals surface area contributed by atoms with Gasteiger partial charge in [0.2, 0.25) is 0 Å². The minimum absolute atomic E-state index is 0.169. The molecule has 0 unspecified atom stereocenters. The highest BCUT2D eigenvalue weighted by Gasteiger charge is 2.26. The van der Waals surface area contributed by atoms with E-state index in [1.807, 2.05) is 27.7 Å². The van der Waals surface area contributed by atoms with Crippen LogP contribution in [0.15, 0.2) is 0 Å². The molecule has 5 heteroatoms. The molecular weight excluding hydrogens is 214 g/mol. The third-order valence-electron chi connectivity index (χ3n) is 2.17. The van der Waals surface area contributed by atoms with Crippen LogP contribution in [0.3, 0.4) is 0 Å². The van der Waals surface area contributed by atoms with E-state index < -0.39 is 11.0 Å². The average molecular weight is 235 g/mol. The Labute approximate surface area is 94.4 Å². The molecular formula is C10H21NO3S. The number of methoxy groups -OCH3 is 1. The molecule has 90 valence electrons. The molecule has 0 spiro atoms. The summed E-state index contributed by atoms with van der Waals surface area (Å²) in [6.07, 6.45) is 0.